The van der Waals surface area contributed by atoms with E-state index in [2.05, 4.69) is 68.3 Å². The van der Waals surface area contributed by atoms with E-state index in [1.807, 2.05) is 22.5 Å². The van der Waals surface area contributed by atoms with Gasteiger partial charge in [-0.25, -0.2) is 14.6 Å². The number of benzene rings is 1. The minimum absolute atomic E-state index is 0.0287. The van der Waals surface area contributed by atoms with Gasteiger partial charge in [-0.2, -0.15) is 23.5 Å². The van der Waals surface area contributed by atoms with Gasteiger partial charge in [-0.05, 0) is 87.5 Å². The van der Waals surface area contributed by atoms with Crippen LogP contribution in [0.5, 0.6) is 0 Å². The van der Waals surface area contributed by atoms with Crippen molar-refractivity contribution in [2.24, 2.45) is 5.92 Å². The fourth-order valence-corrected chi connectivity index (χ4v) is 7.59. The van der Waals surface area contributed by atoms with Crippen LogP contribution in [0, 0.1) is 24.2 Å². The van der Waals surface area contributed by atoms with Crippen molar-refractivity contribution in [2.45, 2.75) is 90.6 Å². The third kappa shape index (κ3) is 8.31. The van der Waals surface area contributed by atoms with Crippen LogP contribution in [0.15, 0.2) is 30.5 Å². The summed E-state index contributed by atoms with van der Waals surface area (Å²) in [6.45, 7) is 18.3. The first-order valence-electron chi connectivity index (χ1n) is 16.9. The highest BCUT2D eigenvalue weighted by Crippen LogP contribution is 2.47. The highest BCUT2D eigenvalue weighted by atomic mass is 28.4. The Balaban J connectivity index is 1.40. The topological polar surface area (TPSA) is 115 Å². The van der Waals surface area contributed by atoms with E-state index in [0.717, 1.165) is 22.5 Å². The molecule has 2 N–H and O–H groups in total. The molecule has 2 aliphatic rings. The minimum Gasteiger partial charge on any atom is -0.432 e. The van der Waals surface area contributed by atoms with E-state index in [0.29, 0.717) is 68.7 Å². The summed E-state index contributed by atoms with van der Waals surface area (Å²) in [5, 5.41) is 29.0. The van der Waals surface area contributed by atoms with Gasteiger partial charge in [0.25, 0.3) is 0 Å². The van der Waals surface area contributed by atoms with Crippen molar-refractivity contribution in [3.8, 4) is 17.3 Å². The van der Waals surface area contributed by atoms with E-state index in [1.54, 1.807) is 25.2 Å². The molecule has 0 unspecified atom stereocenters. The molecule has 2 aliphatic heterocycles. The summed E-state index contributed by atoms with van der Waals surface area (Å²) < 4.78 is 47.1. The Hall–Kier alpha value is -3.45. The van der Waals surface area contributed by atoms with E-state index < -0.39 is 33.5 Å². The van der Waals surface area contributed by atoms with Gasteiger partial charge in [0.2, 0.25) is 5.95 Å². The van der Waals surface area contributed by atoms with Crippen molar-refractivity contribution in [3.05, 3.63) is 47.3 Å². The zero-order valence-corrected chi connectivity index (χ0v) is 30.8. The first kappa shape index (κ1) is 36.8. The Morgan fingerprint density at radius 2 is 1.88 bits per heavy atom. The van der Waals surface area contributed by atoms with Gasteiger partial charge in [0.1, 0.15) is 11.9 Å². The van der Waals surface area contributed by atoms with Gasteiger partial charge in [0, 0.05) is 48.6 Å². The van der Waals surface area contributed by atoms with Crippen molar-refractivity contribution in [3.63, 3.8) is 0 Å². The minimum atomic E-state index is -4.19. The van der Waals surface area contributed by atoms with E-state index in [9.17, 15) is 23.5 Å². The maximum atomic E-state index is 12.9. The average Bonchev–Trinajstić information content (AvgIpc) is 3.51. The fourth-order valence-electron chi connectivity index (χ4n) is 6.48. The number of rotatable bonds is 10. The number of hydrogen-bond acceptors (Lipinski definition) is 9. The normalized spacial score (nSPS) is 19.2. The van der Waals surface area contributed by atoms with Crippen molar-refractivity contribution in [2.75, 3.05) is 42.9 Å². The van der Waals surface area contributed by atoms with Crippen LogP contribution in [0.1, 0.15) is 57.4 Å². The Kier molecular flexibility index (Phi) is 10.3. The van der Waals surface area contributed by atoms with Crippen molar-refractivity contribution in [1.82, 2.24) is 24.6 Å². The van der Waals surface area contributed by atoms with E-state index in [-0.39, 0.29) is 11.0 Å². The molecule has 1 fully saturated rings. The lowest BCUT2D eigenvalue weighted by molar-refractivity contribution is -0.148. The smallest absolute Gasteiger partial charge is 0.409 e. The second-order valence-electron chi connectivity index (χ2n) is 15.5. The summed E-state index contributed by atoms with van der Waals surface area (Å²) in [7, 11) is -2.88. The second kappa shape index (κ2) is 13.7. The number of likely N-dealkylation sites (tertiary alicyclic amines) is 1. The van der Waals surface area contributed by atoms with Gasteiger partial charge in [0.15, 0.2) is 8.32 Å². The molecule has 0 saturated carbocycles. The first-order chi connectivity index (χ1) is 22.8. The van der Waals surface area contributed by atoms with Crippen molar-refractivity contribution in [1.29, 1.82) is 5.26 Å². The summed E-state index contributed by atoms with van der Waals surface area (Å²) in [6, 6.07) is 9.92. The lowest BCUT2D eigenvalue weighted by Crippen LogP contribution is -2.47. The van der Waals surface area contributed by atoms with Gasteiger partial charge < -0.3 is 19.6 Å². The van der Waals surface area contributed by atoms with E-state index >= 15 is 0 Å². The summed E-state index contributed by atoms with van der Waals surface area (Å²) in [6.07, 6.45) is -1.21. The molecular formula is C34H48BF3N8O2Si. The number of piperidine rings is 1. The van der Waals surface area contributed by atoms with Crippen LogP contribution in [-0.4, -0.2) is 84.0 Å². The standard InChI is InChI=1S/C34H48BF3N8O2Si/c1-23-15-29(46(43-23)19-24-10-13-44(14-11-24)21-34(36,37)38)42-31-40-12-9-28(41-31)25-16-26(18-39)30-27(17-25)33(5,20-45(30)35(6)47)22-48-49(7,8)32(2,3)4/h9,12,15-17,24,47H,10-11,13-14,19-22H2,1-8H3,(H,40,41,42)/t33-/m1/s1. The number of aromatic nitrogens is 4. The van der Waals surface area contributed by atoms with Crippen LogP contribution in [0.25, 0.3) is 11.3 Å². The molecule has 49 heavy (non-hydrogen) atoms. The fraction of sp³-hybridized carbons (Fsp3) is 0.588. The maximum absolute atomic E-state index is 12.9. The molecule has 1 atom stereocenters. The molecule has 1 aromatic carbocycles. The molecule has 0 spiro atoms. The third-order valence-electron chi connectivity index (χ3n) is 10.3. The summed E-state index contributed by atoms with van der Waals surface area (Å²) in [5.74, 6) is 1.25. The number of anilines is 3. The summed E-state index contributed by atoms with van der Waals surface area (Å²) >= 11 is 0. The van der Waals surface area contributed by atoms with Gasteiger partial charge in [-0.15, -0.1) is 0 Å². The van der Waals surface area contributed by atoms with Crippen molar-refractivity contribution < 1.29 is 22.6 Å². The molecule has 0 amide bonds. The van der Waals surface area contributed by atoms with Crippen molar-refractivity contribution >= 4 is 32.8 Å². The number of alkyl halides is 3. The quantitative estimate of drug-likeness (QED) is 0.222. The first-order valence-corrected chi connectivity index (χ1v) is 19.8. The van der Waals surface area contributed by atoms with Crippen LogP contribution in [0.2, 0.25) is 25.0 Å². The molecule has 4 heterocycles. The number of aryl methyl sites for hydroxylation is 1. The Morgan fingerprint density at radius 1 is 1.18 bits per heavy atom. The molecule has 264 valence electrons. The number of fused-ring (bicyclic) bond motifs is 1. The lowest BCUT2D eigenvalue weighted by atomic mass is 9.83. The van der Waals surface area contributed by atoms with Gasteiger partial charge in [-0.3, -0.25) is 4.90 Å². The van der Waals surface area contributed by atoms with Crippen LogP contribution in [0.3, 0.4) is 0 Å². The van der Waals surface area contributed by atoms with Gasteiger partial charge in [0.05, 0.1) is 23.5 Å². The molecule has 3 aromatic rings. The highest BCUT2D eigenvalue weighted by Gasteiger charge is 2.46. The van der Waals surface area contributed by atoms with E-state index in [1.165, 1.54) is 4.90 Å². The maximum Gasteiger partial charge on any atom is 0.409 e. The molecule has 10 nitrogen and oxygen atoms in total. The molecule has 5 rings (SSSR count). The van der Waals surface area contributed by atoms with Crippen LogP contribution in [-0.2, 0) is 16.4 Å². The van der Waals surface area contributed by atoms with Gasteiger partial charge >= 0.3 is 13.2 Å². The Labute approximate surface area is 288 Å². The molecule has 2 aromatic heterocycles. The second-order valence-corrected chi connectivity index (χ2v) is 20.3. The molecule has 0 radical (unpaired) electrons. The summed E-state index contributed by atoms with van der Waals surface area (Å²) in [4.78, 5) is 12.6. The average molecular weight is 697 g/mol. The zero-order chi connectivity index (χ0) is 35.9. The molecular weight excluding hydrogens is 648 g/mol. The lowest BCUT2D eigenvalue weighted by Gasteiger charge is -2.39. The Morgan fingerprint density at radius 3 is 2.49 bits per heavy atom. The molecule has 0 aliphatic carbocycles. The number of nitrogens with zero attached hydrogens (tertiary/aromatic N) is 7. The number of nitriles is 1. The van der Waals surface area contributed by atoms with Crippen LogP contribution >= 0.6 is 0 Å². The third-order valence-corrected chi connectivity index (χ3v) is 14.8. The number of halogens is 3. The van der Waals surface area contributed by atoms with Gasteiger partial charge in [-0.1, -0.05) is 27.7 Å². The SMILES string of the molecule is CB(O)N1C[C@](C)(CO[Si](C)(C)C(C)(C)C)c2cc(-c3ccnc(Nc4cc(C)nn4CC4CCN(CC(F)(F)F)CC4)n3)cc(C#N)c21. The monoisotopic (exact) mass is 696 g/mol. The Bertz CT molecular complexity index is 1700. The largest absolute Gasteiger partial charge is 0.432 e. The number of hydrogen-bond donors (Lipinski definition) is 2. The number of nitrogens with one attached hydrogen (secondary N) is 1. The predicted octanol–water partition coefficient (Wildman–Crippen LogP) is 6.75. The molecule has 1 saturated heterocycles. The summed E-state index contributed by atoms with van der Waals surface area (Å²) in [5.41, 5.74) is 3.80. The molecule has 0 bridgehead atoms. The zero-order valence-electron chi connectivity index (χ0n) is 29.8. The highest BCUT2D eigenvalue weighted by molar-refractivity contribution is 6.74. The van der Waals surface area contributed by atoms with Crippen LogP contribution < -0.4 is 10.1 Å². The van der Waals surface area contributed by atoms with E-state index in [4.69, 9.17) is 9.41 Å². The predicted molar refractivity (Wildman–Crippen MR) is 189 cm³/mol. The molecule has 15 heteroatoms. The van der Waals surface area contributed by atoms with Crippen LogP contribution in [0.4, 0.5) is 30.6 Å².